The number of rotatable bonds is 4. The van der Waals surface area contributed by atoms with Crippen molar-refractivity contribution in [1.82, 2.24) is 9.88 Å². The highest BCUT2D eigenvalue weighted by atomic mass is 32.2. The maximum Gasteiger partial charge on any atom is 0.268 e. The summed E-state index contributed by atoms with van der Waals surface area (Å²) in [6, 6.07) is 1.31. The van der Waals surface area contributed by atoms with Crippen LogP contribution in [0.4, 0.5) is 0 Å². The first kappa shape index (κ1) is 15.7. The third-order valence-corrected chi connectivity index (χ3v) is 3.27. The van der Waals surface area contributed by atoms with E-state index in [1.807, 2.05) is 27.7 Å². The monoisotopic (exact) mass is 287 g/mol. The van der Waals surface area contributed by atoms with Gasteiger partial charge in [-0.25, -0.2) is 13.6 Å². The Balaban J connectivity index is 3.18. The number of carbonyl (C=O) groups excluding carboxylic acids is 1. The first-order chi connectivity index (χ1) is 8.54. The molecule has 7 heteroatoms. The van der Waals surface area contributed by atoms with Gasteiger partial charge >= 0.3 is 0 Å². The third kappa shape index (κ3) is 4.36. The van der Waals surface area contributed by atoms with E-state index >= 15 is 0 Å². The van der Waals surface area contributed by atoms with Crippen molar-refractivity contribution in [3.63, 3.8) is 0 Å². The number of aromatic nitrogens is 1. The molecule has 1 heterocycles. The molecular weight excluding hydrogens is 266 g/mol. The van der Waals surface area contributed by atoms with Crippen LogP contribution >= 0.6 is 0 Å². The van der Waals surface area contributed by atoms with Crippen LogP contribution in [0, 0.1) is 0 Å². The Kier molecular flexibility index (Phi) is 4.42. The van der Waals surface area contributed by atoms with Crippen LogP contribution in [0.2, 0.25) is 0 Å². The van der Waals surface area contributed by atoms with Gasteiger partial charge in [-0.15, -0.1) is 0 Å². The Morgan fingerprint density at radius 2 is 2.00 bits per heavy atom. The molecule has 0 radical (unpaired) electrons. The van der Waals surface area contributed by atoms with Crippen LogP contribution in [0.15, 0.2) is 17.2 Å². The van der Waals surface area contributed by atoms with Crippen LogP contribution in [0.25, 0.3) is 0 Å². The van der Waals surface area contributed by atoms with Crippen molar-refractivity contribution in [2.45, 2.75) is 51.1 Å². The summed E-state index contributed by atoms with van der Waals surface area (Å²) in [4.78, 5) is 12.1. The summed E-state index contributed by atoms with van der Waals surface area (Å²) in [5.74, 6) is -0.309. The van der Waals surface area contributed by atoms with Gasteiger partial charge in [-0.2, -0.15) is 0 Å². The first-order valence-corrected chi connectivity index (χ1v) is 7.64. The van der Waals surface area contributed by atoms with Crippen molar-refractivity contribution in [3.05, 3.63) is 18.0 Å². The normalized spacial score (nSPS) is 12.5. The molecule has 0 aliphatic rings. The van der Waals surface area contributed by atoms with Crippen LogP contribution in [-0.4, -0.2) is 24.4 Å². The van der Waals surface area contributed by atoms with Gasteiger partial charge in [0.25, 0.3) is 5.91 Å². The Hall–Kier alpha value is -1.34. The van der Waals surface area contributed by atoms with Crippen LogP contribution in [-0.2, 0) is 16.6 Å². The lowest BCUT2D eigenvalue weighted by Crippen LogP contribution is -2.41. The first-order valence-electron chi connectivity index (χ1n) is 6.10. The third-order valence-electron chi connectivity index (χ3n) is 2.39. The van der Waals surface area contributed by atoms with Crippen LogP contribution in [0.3, 0.4) is 0 Å². The number of primary sulfonamides is 1. The summed E-state index contributed by atoms with van der Waals surface area (Å²) in [7, 11) is -3.80. The van der Waals surface area contributed by atoms with Crippen molar-refractivity contribution in [3.8, 4) is 0 Å². The summed E-state index contributed by atoms with van der Waals surface area (Å²) in [6.45, 7) is 8.08. The standard InChI is InChI=1S/C12H21N3O3S/c1-5-6-15-8-9(19(13,17)18)7-10(15)11(16)14-12(2,3)4/h7-8H,5-6H2,1-4H3,(H,14,16)(H2,13,17,18). The number of carbonyl (C=O) groups is 1. The van der Waals surface area contributed by atoms with E-state index in [0.717, 1.165) is 6.42 Å². The minimum Gasteiger partial charge on any atom is -0.346 e. The average Bonchev–Trinajstić information content (AvgIpc) is 2.59. The van der Waals surface area contributed by atoms with Crippen LogP contribution in [0.5, 0.6) is 0 Å². The van der Waals surface area contributed by atoms with Gasteiger partial charge in [0.2, 0.25) is 10.0 Å². The SMILES string of the molecule is CCCn1cc(S(N)(=O)=O)cc1C(=O)NC(C)(C)C. The van der Waals surface area contributed by atoms with Crippen molar-refractivity contribution >= 4 is 15.9 Å². The van der Waals surface area contributed by atoms with Crippen molar-refractivity contribution in [2.75, 3.05) is 0 Å². The highest BCUT2D eigenvalue weighted by Crippen LogP contribution is 2.15. The Bertz CT molecular complexity index is 568. The predicted octanol–water partition coefficient (Wildman–Crippen LogP) is 1.07. The van der Waals surface area contributed by atoms with E-state index in [0.29, 0.717) is 12.2 Å². The van der Waals surface area contributed by atoms with Gasteiger partial charge in [-0.05, 0) is 33.3 Å². The zero-order chi connectivity index (χ0) is 14.8. The number of hydrogen-bond acceptors (Lipinski definition) is 3. The van der Waals surface area contributed by atoms with Gasteiger partial charge in [-0.1, -0.05) is 6.92 Å². The molecule has 0 atom stereocenters. The smallest absolute Gasteiger partial charge is 0.268 e. The van der Waals surface area contributed by atoms with Crippen LogP contribution in [0.1, 0.15) is 44.6 Å². The van der Waals surface area contributed by atoms with Crippen molar-refractivity contribution in [2.24, 2.45) is 5.14 Å². The van der Waals surface area contributed by atoms with E-state index in [2.05, 4.69) is 5.32 Å². The maximum atomic E-state index is 12.1. The predicted molar refractivity (Wildman–Crippen MR) is 73.3 cm³/mol. The molecule has 1 aromatic heterocycles. The molecule has 1 rings (SSSR count). The maximum absolute atomic E-state index is 12.1. The second-order valence-corrected chi connectivity index (χ2v) is 7.06. The molecular formula is C12H21N3O3S. The fraction of sp³-hybridized carbons (Fsp3) is 0.583. The molecule has 0 bridgehead atoms. The summed E-state index contributed by atoms with van der Waals surface area (Å²) in [5.41, 5.74) is -0.0824. The summed E-state index contributed by atoms with van der Waals surface area (Å²) in [6.07, 6.45) is 2.19. The minimum atomic E-state index is -3.80. The zero-order valence-electron chi connectivity index (χ0n) is 11.7. The Morgan fingerprint density at radius 1 is 1.42 bits per heavy atom. The fourth-order valence-corrected chi connectivity index (χ4v) is 2.21. The highest BCUT2D eigenvalue weighted by molar-refractivity contribution is 7.89. The molecule has 0 saturated carbocycles. The lowest BCUT2D eigenvalue weighted by molar-refractivity contribution is 0.0910. The van der Waals surface area contributed by atoms with E-state index in [1.54, 1.807) is 4.57 Å². The Labute approximate surface area is 114 Å². The summed E-state index contributed by atoms with van der Waals surface area (Å²) < 4.78 is 24.3. The van der Waals surface area contributed by atoms with Gasteiger partial charge in [0.1, 0.15) is 10.6 Å². The molecule has 0 unspecified atom stereocenters. The number of amides is 1. The van der Waals surface area contributed by atoms with Gasteiger partial charge in [-0.3, -0.25) is 4.79 Å². The molecule has 0 aliphatic heterocycles. The van der Waals surface area contributed by atoms with E-state index in [-0.39, 0.29) is 16.3 Å². The summed E-state index contributed by atoms with van der Waals surface area (Å²) in [5, 5.41) is 7.89. The van der Waals surface area contributed by atoms with Gasteiger partial charge in [0.15, 0.2) is 0 Å². The van der Waals surface area contributed by atoms with E-state index < -0.39 is 10.0 Å². The molecule has 3 N–H and O–H groups in total. The number of nitrogens with one attached hydrogen (secondary N) is 1. The lowest BCUT2D eigenvalue weighted by Gasteiger charge is -2.21. The molecule has 1 amide bonds. The number of aryl methyl sites for hydroxylation is 1. The molecule has 0 saturated heterocycles. The van der Waals surface area contributed by atoms with E-state index in [4.69, 9.17) is 5.14 Å². The highest BCUT2D eigenvalue weighted by Gasteiger charge is 2.21. The van der Waals surface area contributed by atoms with Crippen LogP contribution < -0.4 is 10.5 Å². The largest absolute Gasteiger partial charge is 0.346 e. The molecule has 6 nitrogen and oxygen atoms in total. The summed E-state index contributed by atoms with van der Waals surface area (Å²) >= 11 is 0. The molecule has 1 aromatic rings. The number of sulfonamides is 1. The molecule has 0 spiro atoms. The number of hydrogen-bond donors (Lipinski definition) is 2. The second kappa shape index (κ2) is 5.34. The van der Waals surface area contributed by atoms with E-state index in [1.165, 1.54) is 12.3 Å². The molecule has 0 aromatic carbocycles. The molecule has 0 aliphatic carbocycles. The van der Waals surface area contributed by atoms with Gasteiger partial charge in [0.05, 0.1) is 0 Å². The topological polar surface area (TPSA) is 94.2 Å². The number of nitrogens with zero attached hydrogens (tertiary/aromatic N) is 1. The second-order valence-electron chi connectivity index (χ2n) is 5.50. The van der Waals surface area contributed by atoms with Gasteiger partial charge < -0.3 is 9.88 Å². The molecule has 108 valence electrons. The quantitative estimate of drug-likeness (QED) is 0.867. The van der Waals surface area contributed by atoms with Crippen molar-refractivity contribution in [1.29, 1.82) is 0 Å². The average molecular weight is 287 g/mol. The zero-order valence-corrected chi connectivity index (χ0v) is 12.5. The molecule has 19 heavy (non-hydrogen) atoms. The fourth-order valence-electron chi connectivity index (χ4n) is 1.66. The van der Waals surface area contributed by atoms with Crippen molar-refractivity contribution < 1.29 is 13.2 Å². The Morgan fingerprint density at radius 3 is 2.42 bits per heavy atom. The molecule has 0 fully saturated rings. The minimum absolute atomic E-state index is 0.0417. The number of nitrogens with two attached hydrogens (primary N) is 1. The van der Waals surface area contributed by atoms with E-state index in [9.17, 15) is 13.2 Å². The van der Waals surface area contributed by atoms with Gasteiger partial charge in [0, 0.05) is 18.3 Å². The lowest BCUT2D eigenvalue weighted by atomic mass is 10.1.